The Labute approximate surface area is 227 Å². The van der Waals surface area contributed by atoms with Crippen molar-refractivity contribution in [1.29, 1.82) is 5.26 Å². The monoisotopic (exact) mass is 508 g/mol. The number of hydrogen-bond acceptors (Lipinski definition) is 3. The van der Waals surface area contributed by atoms with Gasteiger partial charge in [0, 0.05) is 11.5 Å². The molecule has 8 rings (SSSR count). The Kier molecular flexibility index (Phi) is 4.90. The third-order valence-electron chi connectivity index (χ3n) is 9.45. The number of nitrogens with zero attached hydrogens (tertiary/aromatic N) is 2. The van der Waals surface area contributed by atoms with E-state index in [0.29, 0.717) is 5.95 Å². The minimum absolute atomic E-state index is 0.140. The SMILES string of the molecule is Cc1ccc(-c2cnc(NC(=O)C3(C)C4c5ccccc5C(C#N)(c5ccccc54)C3C)[nH]2)c2ccccc12. The van der Waals surface area contributed by atoms with Gasteiger partial charge in [-0.25, -0.2) is 4.98 Å². The summed E-state index contributed by atoms with van der Waals surface area (Å²) in [5, 5.41) is 16.2. The van der Waals surface area contributed by atoms with E-state index in [-0.39, 0.29) is 17.7 Å². The van der Waals surface area contributed by atoms with Gasteiger partial charge in [0.25, 0.3) is 0 Å². The largest absolute Gasteiger partial charge is 0.324 e. The second-order valence-corrected chi connectivity index (χ2v) is 11.1. The number of aryl methyl sites for hydroxylation is 1. The van der Waals surface area contributed by atoms with E-state index in [1.165, 1.54) is 10.9 Å². The number of imidazole rings is 1. The van der Waals surface area contributed by atoms with Crippen LogP contribution in [0.2, 0.25) is 0 Å². The van der Waals surface area contributed by atoms with Crippen molar-refractivity contribution in [3.63, 3.8) is 0 Å². The zero-order valence-electron chi connectivity index (χ0n) is 22.1. The van der Waals surface area contributed by atoms with Crippen molar-refractivity contribution in [3.05, 3.63) is 119 Å². The van der Waals surface area contributed by atoms with Crippen LogP contribution >= 0.6 is 0 Å². The molecule has 0 saturated heterocycles. The van der Waals surface area contributed by atoms with Gasteiger partial charge in [0.15, 0.2) is 0 Å². The molecule has 3 aliphatic rings. The minimum atomic E-state index is -0.914. The molecule has 0 fully saturated rings. The van der Waals surface area contributed by atoms with Gasteiger partial charge in [0.1, 0.15) is 5.41 Å². The first kappa shape index (κ1) is 23.4. The molecule has 0 radical (unpaired) electrons. The van der Waals surface area contributed by atoms with E-state index in [4.69, 9.17) is 0 Å². The predicted octanol–water partition coefficient (Wildman–Crippen LogP) is 7.09. The van der Waals surface area contributed by atoms with E-state index in [0.717, 1.165) is 38.9 Å². The number of H-pyrrole nitrogens is 1. The van der Waals surface area contributed by atoms with Crippen LogP contribution in [-0.4, -0.2) is 15.9 Å². The molecular formula is C34H28N4O. The van der Waals surface area contributed by atoms with Crippen molar-refractivity contribution >= 4 is 22.6 Å². The molecular weight excluding hydrogens is 480 g/mol. The van der Waals surface area contributed by atoms with Crippen molar-refractivity contribution in [2.24, 2.45) is 11.3 Å². The first-order valence-corrected chi connectivity index (χ1v) is 13.4. The maximum atomic E-state index is 14.3. The Bertz CT molecular complexity index is 1800. The number of carbonyl (C=O) groups is 1. The first-order chi connectivity index (χ1) is 18.9. The molecule has 2 unspecified atom stereocenters. The molecule has 190 valence electrons. The Balaban J connectivity index is 1.31. The molecule has 1 heterocycles. The third kappa shape index (κ3) is 2.94. The smallest absolute Gasteiger partial charge is 0.233 e. The molecule has 5 aromatic rings. The summed E-state index contributed by atoms with van der Waals surface area (Å²) < 4.78 is 0. The number of nitriles is 1. The molecule has 1 aromatic heterocycles. The van der Waals surface area contributed by atoms with Crippen LogP contribution in [0.15, 0.2) is 91.1 Å². The van der Waals surface area contributed by atoms with E-state index in [1.807, 2.05) is 50.2 Å². The molecule has 2 N–H and O–H groups in total. The maximum absolute atomic E-state index is 14.3. The summed E-state index contributed by atoms with van der Waals surface area (Å²) in [5.41, 5.74) is 5.44. The van der Waals surface area contributed by atoms with Gasteiger partial charge in [0.05, 0.1) is 23.4 Å². The van der Waals surface area contributed by atoms with E-state index in [1.54, 1.807) is 6.20 Å². The zero-order valence-corrected chi connectivity index (χ0v) is 22.1. The Morgan fingerprint density at radius 1 is 0.923 bits per heavy atom. The Morgan fingerprint density at radius 3 is 2.21 bits per heavy atom. The van der Waals surface area contributed by atoms with Gasteiger partial charge in [0.2, 0.25) is 11.9 Å². The summed E-state index contributed by atoms with van der Waals surface area (Å²) in [4.78, 5) is 22.2. The molecule has 1 amide bonds. The fourth-order valence-electron chi connectivity index (χ4n) is 7.33. The summed E-state index contributed by atoms with van der Waals surface area (Å²) in [7, 11) is 0. The molecule has 0 saturated carbocycles. The Morgan fingerprint density at radius 2 is 1.54 bits per heavy atom. The van der Waals surface area contributed by atoms with E-state index < -0.39 is 10.8 Å². The fourth-order valence-corrected chi connectivity index (χ4v) is 7.33. The normalized spacial score (nSPS) is 24.6. The highest BCUT2D eigenvalue weighted by molar-refractivity contribution is 5.99. The van der Waals surface area contributed by atoms with E-state index >= 15 is 0 Å². The molecule has 0 spiro atoms. The summed E-state index contributed by atoms with van der Waals surface area (Å²) >= 11 is 0. The van der Waals surface area contributed by atoms with Gasteiger partial charge in [-0.1, -0.05) is 91.9 Å². The van der Waals surface area contributed by atoms with Crippen LogP contribution in [0.5, 0.6) is 0 Å². The number of aromatic nitrogens is 2. The number of carbonyl (C=O) groups excluding carboxylic acids is 1. The lowest BCUT2D eigenvalue weighted by atomic mass is 9.42. The molecule has 3 aliphatic carbocycles. The minimum Gasteiger partial charge on any atom is -0.324 e. The van der Waals surface area contributed by atoms with Gasteiger partial charge in [-0.2, -0.15) is 5.26 Å². The number of fused-ring (bicyclic) bond motifs is 2. The average molecular weight is 509 g/mol. The van der Waals surface area contributed by atoms with Gasteiger partial charge in [-0.3, -0.25) is 10.1 Å². The molecule has 5 nitrogen and oxygen atoms in total. The van der Waals surface area contributed by atoms with Crippen molar-refractivity contribution in [2.45, 2.75) is 32.1 Å². The fraction of sp³-hybridized carbons (Fsp3) is 0.206. The number of nitrogens with one attached hydrogen (secondary N) is 2. The highest BCUT2D eigenvalue weighted by Gasteiger charge is 2.65. The highest BCUT2D eigenvalue weighted by Crippen LogP contribution is 2.66. The number of rotatable bonds is 3. The van der Waals surface area contributed by atoms with Crippen LogP contribution in [0.1, 0.15) is 47.6 Å². The van der Waals surface area contributed by atoms with Crippen LogP contribution < -0.4 is 5.32 Å². The van der Waals surface area contributed by atoms with Crippen LogP contribution in [-0.2, 0) is 10.2 Å². The van der Waals surface area contributed by atoms with E-state index in [9.17, 15) is 10.1 Å². The molecule has 4 aromatic carbocycles. The van der Waals surface area contributed by atoms with Crippen LogP contribution in [0.25, 0.3) is 22.0 Å². The predicted molar refractivity (Wildman–Crippen MR) is 153 cm³/mol. The molecule has 2 bridgehead atoms. The van der Waals surface area contributed by atoms with Crippen molar-refractivity contribution in [2.75, 3.05) is 5.32 Å². The lowest BCUT2D eigenvalue weighted by Crippen LogP contribution is -2.59. The van der Waals surface area contributed by atoms with Gasteiger partial charge in [-0.05, 0) is 58.4 Å². The summed E-state index contributed by atoms with van der Waals surface area (Å²) in [6.45, 7) is 6.16. The summed E-state index contributed by atoms with van der Waals surface area (Å²) in [6.07, 6.45) is 1.77. The lowest BCUT2D eigenvalue weighted by molar-refractivity contribution is -0.130. The average Bonchev–Trinajstić information content (AvgIpc) is 3.43. The second-order valence-electron chi connectivity index (χ2n) is 11.1. The summed E-state index contributed by atoms with van der Waals surface area (Å²) in [5.74, 6) is -0.175. The van der Waals surface area contributed by atoms with Crippen molar-refractivity contribution in [3.8, 4) is 17.3 Å². The molecule has 2 atom stereocenters. The van der Waals surface area contributed by atoms with Gasteiger partial charge >= 0.3 is 0 Å². The molecule has 0 aliphatic heterocycles. The number of benzene rings is 4. The topological polar surface area (TPSA) is 81.6 Å². The molecule has 5 heteroatoms. The highest BCUT2D eigenvalue weighted by atomic mass is 16.2. The second kappa shape index (κ2) is 8.15. The van der Waals surface area contributed by atoms with Gasteiger partial charge in [-0.15, -0.1) is 0 Å². The number of anilines is 1. The number of amides is 1. The number of hydrogen-bond donors (Lipinski definition) is 2. The van der Waals surface area contributed by atoms with Gasteiger partial charge < -0.3 is 4.98 Å². The van der Waals surface area contributed by atoms with E-state index in [2.05, 4.69) is 76.8 Å². The van der Waals surface area contributed by atoms with Crippen molar-refractivity contribution < 1.29 is 4.79 Å². The molecule has 39 heavy (non-hydrogen) atoms. The quantitative estimate of drug-likeness (QED) is 0.273. The van der Waals surface area contributed by atoms with Crippen molar-refractivity contribution in [1.82, 2.24) is 9.97 Å². The third-order valence-corrected chi connectivity index (χ3v) is 9.45. The Hall–Kier alpha value is -4.69. The first-order valence-electron chi connectivity index (χ1n) is 13.4. The standard InChI is InChI=1S/C34H28N4O/c1-20-16-17-24(23-11-5-4-10-22(20)23)29-18-36-32(37-29)38-31(39)33(3)21(2)34(19-35)27-14-8-6-12-25(27)30(33)26-13-7-9-15-28(26)34/h4-18,21,30H,1-3H3,(H2,36,37,38,39). The van der Waals surface area contributed by atoms with Crippen LogP contribution in [0.4, 0.5) is 5.95 Å². The van der Waals surface area contributed by atoms with Crippen LogP contribution in [0.3, 0.4) is 0 Å². The lowest BCUT2D eigenvalue weighted by Gasteiger charge is -2.58. The maximum Gasteiger partial charge on any atom is 0.233 e. The van der Waals surface area contributed by atoms with Crippen LogP contribution in [0, 0.1) is 29.6 Å². The number of aromatic amines is 1. The zero-order chi connectivity index (χ0) is 26.9. The summed E-state index contributed by atoms with van der Waals surface area (Å²) in [6, 6.07) is 31.4.